The van der Waals surface area contributed by atoms with Crippen molar-refractivity contribution in [3.05, 3.63) is 113 Å². The van der Waals surface area contributed by atoms with E-state index in [4.69, 9.17) is 11.6 Å². The van der Waals surface area contributed by atoms with Crippen LogP contribution in [0.5, 0.6) is 0 Å². The lowest BCUT2D eigenvalue weighted by atomic mass is 10.0. The summed E-state index contributed by atoms with van der Waals surface area (Å²) in [7, 11) is 0. The Bertz CT molecular complexity index is 1560. The molecule has 0 atom stereocenters. The molecule has 0 aliphatic heterocycles. The van der Waals surface area contributed by atoms with Gasteiger partial charge < -0.3 is 5.32 Å². The number of nitrogens with zero attached hydrogens (tertiary/aromatic N) is 2. The number of anilines is 1. The van der Waals surface area contributed by atoms with E-state index in [0.29, 0.717) is 16.4 Å². The smallest absolute Gasteiger partial charge is 0.274 e. The van der Waals surface area contributed by atoms with Crippen LogP contribution in [0.25, 0.3) is 27.6 Å². The second-order valence-electron chi connectivity index (χ2n) is 8.22. The number of hydrogen-bond acceptors (Lipinski definition) is 2. The number of fused-ring (bicyclic) bond motifs is 1. The van der Waals surface area contributed by atoms with Crippen molar-refractivity contribution in [2.75, 3.05) is 5.32 Å². The Hall–Kier alpha value is -3.96. The summed E-state index contributed by atoms with van der Waals surface area (Å²) in [5, 5.41) is 9.80. The first kappa shape index (κ1) is 21.9. The summed E-state index contributed by atoms with van der Waals surface area (Å²) in [5.41, 5.74) is 4.58. The zero-order chi connectivity index (χ0) is 23.8. The van der Waals surface area contributed by atoms with Crippen molar-refractivity contribution in [3.63, 3.8) is 0 Å². The number of aryl methyl sites for hydroxylation is 2. The first-order valence-electron chi connectivity index (χ1n) is 10.8. The van der Waals surface area contributed by atoms with Crippen LogP contribution >= 0.6 is 11.6 Å². The maximum atomic E-state index is 14.9. The summed E-state index contributed by atoms with van der Waals surface area (Å²) in [6.45, 7) is 3.79. The Morgan fingerprint density at radius 1 is 0.912 bits per heavy atom. The Kier molecular flexibility index (Phi) is 5.64. The fourth-order valence-corrected chi connectivity index (χ4v) is 4.24. The molecule has 0 bridgehead atoms. The van der Waals surface area contributed by atoms with E-state index in [2.05, 4.69) is 10.4 Å². The molecular formula is C28H21ClFN3O. The minimum Gasteiger partial charge on any atom is -0.318 e. The monoisotopic (exact) mass is 469 g/mol. The van der Waals surface area contributed by atoms with Crippen LogP contribution in [0.2, 0.25) is 5.02 Å². The van der Waals surface area contributed by atoms with Gasteiger partial charge in [-0.05, 0) is 83.8 Å². The molecule has 1 aromatic heterocycles. The molecule has 4 aromatic carbocycles. The minimum absolute atomic E-state index is 0.112. The number of carbonyl (C=O) groups excluding carboxylic acids is 1. The topological polar surface area (TPSA) is 46.9 Å². The molecular weight excluding hydrogens is 449 g/mol. The molecule has 0 unspecified atom stereocenters. The summed E-state index contributed by atoms with van der Waals surface area (Å²) in [6, 6.07) is 25.7. The SMILES string of the molecule is Cc1cc(C(=O)Nc2ccc(-c3ccccc3C)cc2F)n(-c2ccc3cc(Cl)ccc3c2)n1. The fraction of sp³-hybridized carbons (Fsp3) is 0.0714. The quantitative estimate of drug-likeness (QED) is 0.299. The molecule has 6 heteroatoms. The van der Waals surface area contributed by atoms with Gasteiger partial charge in [-0.3, -0.25) is 4.79 Å². The zero-order valence-corrected chi connectivity index (χ0v) is 19.4. The maximum Gasteiger partial charge on any atom is 0.274 e. The molecule has 0 saturated heterocycles. The van der Waals surface area contributed by atoms with Gasteiger partial charge in [-0.15, -0.1) is 0 Å². The van der Waals surface area contributed by atoms with Gasteiger partial charge in [-0.1, -0.05) is 54.1 Å². The molecule has 1 amide bonds. The maximum absolute atomic E-state index is 14.9. The number of benzene rings is 4. The van der Waals surface area contributed by atoms with Crippen LogP contribution < -0.4 is 5.32 Å². The van der Waals surface area contributed by atoms with Crippen molar-refractivity contribution < 1.29 is 9.18 Å². The number of amides is 1. The average molecular weight is 470 g/mol. The second kappa shape index (κ2) is 8.76. The van der Waals surface area contributed by atoms with Gasteiger partial charge in [0.2, 0.25) is 0 Å². The molecule has 0 radical (unpaired) electrons. The van der Waals surface area contributed by atoms with Gasteiger partial charge in [-0.2, -0.15) is 5.10 Å². The summed E-state index contributed by atoms with van der Waals surface area (Å²) >= 11 is 6.09. The lowest BCUT2D eigenvalue weighted by molar-refractivity contribution is 0.101. The summed E-state index contributed by atoms with van der Waals surface area (Å²) in [5.74, 6) is -0.946. The van der Waals surface area contributed by atoms with E-state index in [0.717, 1.165) is 33.2 Å². The number of hydrogen-bond donors (Lipinski definition) is 1. The van der Waals surface area contributed by atoms with Crippen molar-refractivity contribution >= 4 is 34.0 Å². The van der Waals surface area contributed by atoms with Gasteiger partial charge in [0.25, 0.3) is 5.91 Å². The highest BCUT2D eigenvalue weighted by molar-refractivity contribution is 6.31. The highest BCUT2D eigenvalue weighted by Gasteiger charge is 2.18. The largest absolute Gasteiger partial charge is 0.318 e. The number of halogens is 2. The van der Waals surface area contributed by atoms with E-state index >= 15 is 0 Å². The van der Waals surface area contributed by atoms with Crippen molar-refractivity contribution in [2.45, 2.75) is 13.8 Å². The molecule has 5 rings (SSSR count). The number of nitrogens with one attached hydrogen (secondary N) is 1. The molecule has 4 nitrogen and oxygen atoms in total. The van der Waals surface area contributed by atoms with Crippen molar-refractivity contribution in [1.29, 1.82) is 0 Å². The molecule has 0 fully saturated rings. The molecule has 0 spiro atoms. The standard InChI is InChI=1S/C28H21ClFN3O/c1-17-5-3-4-6-24(17)21-9-12-26(25(30)16-21)31-28(34)27-13-18(2)32-33(27)23-11-8-19-14-22(29)10-7-20(19)15-23/h3-16H,1-2H3,(H,31,34). The summed E-state index contributed by atoms with van der Waals surface area (Å²) in [4.78, 5) is 13.1. The average Bonchev–Trinajstić information content (AvgIpc) is 3.22. The Morgan fingerprint density at radius 2 is 1.68 bits per heavy atom. The Morgan fingerprint density at radius 3 is 2.47 bits per heavy atom. The van der Waals surface area contributed by atoms with Crippen LogP contribution in [0.4, 0.5) is 10.1 Å². The van der Waals surface area contributed by atoms with Gasteiger partial charge in [0, 0.05) is 5.02 Å². The van der Waals surface area contributed by atoms with Crippen LogP contribution in [0, 0.1) is 19.7 Å². The van der Waals surface area contributed by atoms with E-state index in [9.17, 15) is 9.18 Å². The molecule has 1 heterocycles. The number of rotatable bonds is 4. The number of aromatic nitrogens is 2. The number of carbonyl (C=O) groups is 1. The molecule has 0 saturated carbocycles. The zero-order valence-electron chi connectivity index (χ0n) is 18.6. The van der Waals surface area contributed by atoms with Gasteiger partial charge in [0.15, 0.2) is 0 Å². The van der Waals surface area contributed by atoms with Crippen LogP contribution in [0.1, 0.15) is 21.7 Å². The third kappa shape index (κ3) is 4.18. The van der Waals surface area contributed by atoms with Crippen LogP contribution in [0.3, 0.4) is 0 Å². The predicted octanol–water partition coefficient (Wildman–Crippen LogP) is 7.35. The van der Waals surface area contributed by atoms with Gasteiger partial charge in [-0.25, -0.2) is 9.07 Å². The van der Waals surface area contributed by atoms with E-state index in [1.807, 2.05) is 74.5 Å². The third-order valence-electron chi connectivity index (χ3n) is 5.77. The van der Waals surface area contributed by atoms with E-state index in [1.54, 1.807) is 22.9 Å². The lowest BCUT2D eigenvalue weighted by Gasteiger charge is -2.12. The van der Waals surface area contributed by atoms with Crippen LogP contribution in [-0.2, 0) is 0 Å². The van der Waals surface area contributed by atoms with Gasteiger partial charge in [0.1, 0.15) is 11.5 Å². The third-order valence-corrected chi connectivity index (χ3v) is 6.00. The van der Waals surface area contributed by atoms with Crippen molar-refractivity contribution in [3.8, 4) is 16.8 Å². The normalized spacial score (nSPS) is 11.1. The first-order valence-corrected chi connectivity index (χ1v) is 11.2. The fourth-order valence-electron chi connectivity index (χ4n) is 4.06. The van der Waals surface area contributed by atoms with Crippen LogP contribution in [-0.4, -0.2) is 15.7 Å². The molecule has 168 valence electrons. The van der Waals surface area contributed by atoms with Gasteiger partial charge >= 0.3 is 0 Å². The van der Waals surface area contributed by atoms with E-state index in [1.165, 1.54) is 6.07 Å². The highest BCUT2D eigenvalue weighted by Crippen LogP contribution is 2.28. The van der Waals surface area contributed by atoms with Crippen molar-refractivity contribution in [1.82, 2.24) is 9.78 Å². The molecule has 0 aliphatic carbocycles. The highest BCUT2D eigenvalue weighted by atomic mass is 35.5. The summed E-state index contributed by atoms with van der Waals surface area (Å²) < 4.78 is 16.5. The summed E-state index contributed by atoms with van der Waals surface area (Å²) in [6.07, 6.45) is 0. The van der Waals surface area contributed by atoms with Gasteiger partial charge in [0.05, 0.1) is 17.1 Å². The van der Waals surface area contributed by atoms with E-state index < -0.39 is 11.7 Å². The second-order valence-corrected chi connectivity index (χ2v) is 8.66. The van der Waals surface area contributed by atoms with E-state index in [-0.39, 0.29) is 5.69 Å². The lowest BCUT2D eigenvalue weighted by Crippen LogP contribution is -2.17. The minimum atomic E-state index is -0.500. The van der Waals surface area contributed by atoms with Crippen molar-refractivity contribution in [2.24, 2.45) is 0 Å². The molecule has 0 aliphatic rings. The predicted molar refractivity (Wildman–Crippen MR) is 135 cm³/mol. The Labute approximate surface area is 201 Å². The molecule has 1 N–H and O–H groups in total. The first-order chi connectivity index (χ1) is 16.4. The molecule has 34 heavy (non-hydrogen) atoms. The molecule has 5 aromatic rings. The Balaban J connectivity index is 1.45. The van der Waals surface area contributed by atoms with Crippen LogP contribution in [0.15, 0.2) is 84.9 Å².